The highest BCUT2D eigenvalue weighted by molar-refractivity contribution is 5.88. The molecule has 6 heteroatoms. The summed E-state index contributed by atoms with van der Waals surface area (Å²) in [5.41, 5.74) is 8.30. The minimum absolute atomic E-state index is 0.00259. The third-order valence-corrected chi connectivity index (χ3v) is 9.24. The number of rotatable bonds is 3. The van der Waals surface area contributed by atoms with E-state index in [-0.39, 0.29) is 41.1 Å². The monoisotopic (exact) mass is 387 g/mol. The first-order valence-corrected chi connectivity index (χ1v) is 11.1. The van der Waals surface area contributed by atoms with E-state index >= 15 is 0 Å². The van der Waals surface area contributed by atoms with Crippen molar-refractivity contribution in [2.24, 2.45) is 45.5 Å². The maximum absolute atomic E-state index is 13.6. The number of ketones is 2. The van der Waals surface area contributed by atoms with Gasteiger partial charge in [0.15, 0.2) is 0 Å². The number of azide groups is 1. The molecular formula is C22H33N3O3. The van der Waals surface area contributed by atoms with E-state index in [4.69, 9.17) is 5.53 Å². The van der Waals surface area contributed by atoms with Crippen molar-refractivity contribution in [2.75, 3.05) is 6.54 Å². The second-order valence-corrected chi connectivity index (χ2v) is 10.4. The summed E-state index contributed by atoms with van der Waals surface area (Å²) in [5, 5.41) is 13.7. The van der Waals surface area contributed by atoms with Crippen LogP contribution in [0.3, 0.4) is 0 Å². The fraction of sp³-hybridized carbons (Fsp3) is 0.909. The summed E-state index contributed by atoms with van der Waals surface area (Å²) in [5.74, 6) is 1.47. The van der Waals surface area contributed by atoms with Crippen LogP contribution in [0.5, 0.6) is 0 Å². The Balaban J connectivity index is 1.65. The second-order valence-electron chi connectivity index (χ2n) is 10.4. The molecule has 4 rings (SSSR count). The topological polar surface area (TPSA) is 103 Å². The Labute approximate surface area is 167 Å². The molecule has 0 radical (unpaired) electrons. The van der Waals surface area contributed by atoms with Crippen LogP contribution in [-0.4, -0.2) is 29.3 Å². The predicted octanol–water partition coefficient (Wildman–Crippen LogP) is 4.45. The molecule has 4 fully saturated rings. The molecule has 0 amide bonds. The van der Waals surface area contributed by atoms with E-state index in [1.165, 1.54) is 0 Å². The summed E-state index contributed by atoms with van der Waals surface area (Å²) in [7, 11) is 0. The lowest BCUT2D eigenvalue weighted by Crippen LogP contribution is -2.60. The van der Waals surface area contributed by atoms with E-state index in [1.54, 1.807) is 0 Å². The Kier molecular flexibility index (Phi) is 5.08. The van der Waals surface area contributed by atoms with Gasteiger partial charge < -0.3 is 5.11 Å². The lowest BCUT2D eigenvalue weighted by molar-refractivity contribution is -0.173. The summed E-state index contributed by atoms with van der Waals surface area (Å²) in [4.78, 5) is 29.1. The number of nitrogens with zero attached hydrogens (tertiary/aromatic N) is 3. The number of hydrogen-bond acceptors (Lipinski definition) is 4. The van der Waals surface area contributed by atoms with Gasteiger partial charge in [-0.05, 0) is 79.1 Å². The molecule has 0 aromatic carbocycles. The predicted molar refractivity (Wildman–Crippen MR) is 105 cm³/mol. The third kappa shape index (κ3) is 2.91. The molecule has 0 aromatic rings. The number of fused-ring (bicyclic) bond motifs is 5. The van der Waals surface area contributed by atoms with Crippen LogP contribution < -0.4 is 0 Å². The van der Waals surface area contributed by atoms with Gasteiger partial charge in [-0.25, -0.2) is 0 Å². The zero-order chi connectivity index (χ0) is 20.1. The first kappa shape index (κ1) is 19.9. The van der Waals surface area contributed by atoms with Gasteiger partial charge in [0.1, 0.15) is 11.6 Å². The molecule has 8 atom stereocenters. The average Bonchev–Trinajstić information content (AvgIpc) is 2.65. The van der Waals surface area contributed by atoms with E-state index in [2.05, 4.69) is 23.9 Å². The molecule has 0 heterocycles. The molecule has 1 N–H and O–H groups in total. The van der Waals surface area contributed by atoms with E-state index in [9.17, 15) is 14.7 Å². The van der Waals surface area contributed by atoms with Crippen molar-refractivity contribution in [3.8, 4) is 0 Å². The number of carbonyl (C=O) groups excluding carboxylic acids is 2. The SMILES string of the molecule is CC12CC(=O)C3C(CC[C@H]4C[C@H](O)CCC34C)C1CCCC2C(=O)CN=[N+]=[N-]. The van der Waals surface area contributed by atoms with Gasteiger partial charge in [-0.3, -0.25) is 9.59 Å². The summed E-state index contributed by atoms with van der Waals surface area (Å²) in [6.07, 6.45) is 7.90. The van der Waals surface area contributed by atoms with Crippen LogP contribution >= 0.6 is 0 Å². The summed E-state index contributed by atoms with van der Waals surface area (Å²) < 4.78 is 0. The van der Waals surface area contributed by atoms with Crippen molar-refractivity contribution in [1.82, 2.24) is 0 Å². The van der Waals surface area contributed by atoms with E-state index in [1.807, 2.05) is 0 Å². The van der Waals surface area contributed by atoms with Gasteiger partial charge in [0.2, 0.25) is 0 Å². The summed E-state index contributed by atoms with van der Waals surface area (Å²) >= 11 is 0. The molecule has 154 valence electrons. The Morgan fingerprint density at radius 3 is 2.75 bits per heavy atom. The summed E-state index contributed by atoms with van der Waals surface area (Å²) in [6.45, 7) is 4.36. The molecule has 28 heavy (non-hydrogen) atoms. The zero-order valence-corrected chi connectivity index (χ0v) is 17.1. The Morgan fingerprint density at radius 1 is 1.21 bits per heavy atom. The second kappa shape index (κ2) is 7.14. The molecule has 0 aromatic heterocycles. The average molecular weight is 388 g/mol. The van der Waals surface area contributed by atoms with Gasteiger partial charge in [0.25, 0.3) is 0 Å². The third-order valence-electron chi connectivity index (χ3n) is 9.24. The first-order valence-electron chi connectivity index (χ1n) is 11.1. The van der Waals surface area contributed by atoms with E-state index in [0.29, 0.717) is 30.0 Å². The highest BCUT2D eigenvalue weighted by Gasteiger charge is 2.62. The highest BCUT2D eigenvalue weighted by Crippen LogP contribution is 2.65. The summed E-state index contributed by atoms with van der Waals surface area (Å²) in [6, 6.07) is 0. The fourth-order valence-corrected chi connectivity index (χ4v) is 7.99. The van der Waals surface area contributed by atoms with Crippen LogP contribution in [0.4, 0.5) is 0 Å². The van der Waals surface area contributed by atoms with Crippen molar-refractivity contribution >= 4 is 11.6 Å². The lowest BCUT2D eigenvalue weighted by Gasteiger charge is -2.62. The molecule has 0 aliphatic heterocycles. The molecule has 0 bridgehead atoms. The number of Topliss-reactive ketones (excluding diaryl/α,β-unsaturated/α-hetero) is 2. The normalized spacial score (nSPS) is 47.9. The molecule has 0 spiro atoms. The van der Waals surface area contributed by atoms with Crippen molar-refractivity contribution in [1.29, 1.82) is 0 Å². The molecule has 4 saturated carbocycles. The maximum atomic E-state index is 13.6. The lowest BCUT2D eigenvalue weighted by atomic mass is 9.41. The molecular weight excluding hydrogens is 354 g/mol. The smallest absolute Gasteiger partial charge is 0.142 e. The molecule has 6 nitrogen and oxygen atoms in total. The quantitative estimate of drug-likeness (QED) is 0.439. The minimum atomic E-state index is -0.296. The Hall–Kier alpha value is -1.39. The van der Waals surface area contributed by atoms with Crippen LogP contribution in [0.1, 0.15) is 71.6 Å². The molecule has 6 unspecified atom stereocenters. The van der Waals surface area contributed by atoms with Crippen molar-refractivity contribution in [2.45, 2.75) is 77.7 Å². The van der Waals surface area contributed by atoms with Crippen LogP contribution in [0.25, 0.3) is 10.4 Å². The zero-order valence-electron chi connectivity index (χ0n) is 17.1. The Bertz CT molecular complexity index is 718. The molecule has 4 aliphatic carbocycles. The number of aliphatic hydroxyl groups excluding tert-OH is 1. The van der Waals surface area contributed by atoms with E-state index < -0.39 is 0 Å². The standard InChI is InChI=1S/C22H33N3O3/c1-21-9-8-14(26)10-13(21)6-7-15-16-4-3-5-17(19(28)12-24-25-23)22(16,2)11-18(27)20(15)21/h13-17,20,26H,3-12H2,1-2H3/t13-,14+,15?,16?,17?,20?,21?,22?/m0/s1. The van der Waals surface area contributed by atoms with Crippen molar-refractivity contribution in [3.05, 3.63) is 10.4 Å². The van der Waals surface area contributed by atoms with Gasteiger partial charge in [-0.15, -0.1) is 0 Å². The van der Waals surface area contributed by atoms with Crippen molar-refractivity contribution in [3.63, 3.8) is 0 Å². The highest BCUT2D eigenvalue weighted by atomic mass is 16.3. The minimum Gasteiger partial charge on any atom is -0.393 e. The van der Waals surface area contributed by atoms with Gasteiger partial charge in [-0.1, -0.05) is 25.4 Å². The van der Waals surface area contributed by atoms with Gasteiger partial charge in [-0.2, -0.15) is 0 Å². The molecule has 0 saturated heterocycles. The van der Waals surface area contributed by atoms with Crippen LogP contribution in [0.2, 0.25) is 0 Å². The first-order chi connectivity index (χ1) is 13.3. The van der Waals surface area contributed by atoms with Crippen LogP contribution in [0.15, 0.2) is 5.11 Å². The number of aliphatic hydroxyl groups is 1. The Morgan fingerprint density at radius 2 is 2.00 bits per heavy atom. The van der Waals surface area contributed by atoms with E-state index in [0.717, 1.165) is 51.4 Å². The number of carbonyl (C=O) groups is 2. The number of hydrogen-bond donors (Lipinski definition) is 1. The van der Waals surface area contributed by atoms with Gasteiger partial charge in [0.05, 0.1) is 12.6 Å². The van der Waals surface area contributed by atoms with Gasteiger partial charge >= 0.3 is 0 Å². The van der Waals surface area contributed by atoms with Gasteiger partial charge in [0, 0.05) is 23.2 Å². The largest absolute Gasteiger partial charge is 0.393 e. The molecule has 4 aliphatic rings. The van der Waals surface area contributed by atoms with Crippen LogP contribution in [-0.2, 0) is 9.59 Å². The van der Waals surface area contributed by atoms with Crippen molar-refractivity contribution < 1.29 is 14.7 Å². The maximum Gasteiger partial charge on any atom is 0.142 e. The fourth-order valence-electron chi connectivity index (χ4n) is 7.99. The van der Waals surface area contributed by atoms with Crippen LogP contribution in [0, 0.1) is 40.4 Å².